The van der Waals surface area contributed by atoms with Gasteiger partial charge in [0.1, 0.15) is 11.9 Å². The lowest BCUT2D eigenvalue weighted by molar-refractivity contribution is -0.118. The van der Waals surface area contributed by atoms with Crippen molar-refractivity contribution in [3.8, 4) is 0 Å². The Kier molecular flexibility index (Phi) is 5.04. The maximum absolute atomic E-state index is 13.2. The van der Waals surface area contributed by atoms with Crippen molar-refractivity contribution in [3.05, 3.63) is 28.0 Å². The van der Waals surface area contributed by atoms with Crippen molar-refractivity contribution < 1.29 is 13.9 Å². The number of carbonyl (C=O) groups excluding carboxylic acids is 1. The smallest absolute Gasteiger partial charge is 0.243 e. The van der Waals surface area contributed by atoms with E-state index in [-0.39, 0.29) is 18.3 Å². The number of amides is 1. The number of anilines is 1. The summed E-state index contributed by atoms with van der Waals surface area (Å²) < 4.78 is 18.2. The maximum Gasteiger partial charge on any atom is 0.243 e. The first-order valence-corrected chi connectivity index (χ1v) is 5.76. The molecule has 0 bridgehead atoms. The summed E-state index contributed by atoms with van der Waals surface area (Å²) in [5, 5.41) is 2.62. The van der Waals surface area contributed by atoms with Crippen LogP contribution in [0.3, 0.4) is 0 Å². The molecule has 6 heteroatoms. The Morgan fingerprint density at radius 1 is 1.65 bits per heavy atom. The largest absolute Gasteiger partial charge is 0.383 e. The van der Waals surface area contributed by atoms with Gasteiger partial charge in [-0.25, -0.2) is 4.39 Å². The first-order chi connectivity index (χ1) is 7.95. The number of nitrogens with two attached hydrogens (primary N) is 1. The molecule has 4 nitrogen and oxygen atoms in total. The van der Waals surface area contributed by atoms with Gasteiger partial charge in [-0.15, -0.1) is 0 Å². The lowest BCUT2D eigenvalue weighted by atomic mass is 10.2. The minimum Gasteiger partial charge on any atom is -0.383 e. The van der Waals surface area contributed by atoms with Gasteiger partial charge in [-0.3, -0.25) is 4.79 Å². The molecule has 1 amide bonds. The molecule has 1 unspecified atom stereocenters. The molecule has 0 heterocycles. The summed E-state index contributed by atoms with van der Waals surface area (Å²) in [6.07, 6.45) is 0. The van der Waals surface area contributed by atoms with Crippen molar-refractivity contribution in [1.82, 2.24) is 0 Å². The molecule has 17 heavy (non-hydrogen) atoms. The minimum atomic E-state index is -0.747. The van der Waals surface area contributed by atoms with Gasteiger partial charge in [0.15, 0.2) is 0 Å². The van der Waals surface area contributed by atoms with Gasteiger partial charge in [-0.05, 0) is 40.5 Å². The number of nitrogens with one attached hydrogen (secondary N) is 1. The average molecular weight is 305 g/mol. The second kappa shape index (κ2) is 6.09. The van der Waals surface area contributed by atoms with Crippen LogP contribution in [0.1, 0.15) is 5.56 Å². The predicted octanol–water partition coefficient (Wildman–Crippen LogP) is 1.81. The Hall–Kier alpha value is -0.980. The highest BCUT2D eigenvalue weighted by Crippen LogP contribution is 2.24. The predicted molar refractivity (Wildman–Crippen MR) is 67.3 cm³/mol. The SMILES string of the molecule is COCC(N)C(=O)Nc1cc(Br)c(F)cc1C. The number of benzene rings is 1. The molecule has 1 atom stereocenters. The van der Waals surface area contributed by atoms with Gasteiger partial charge >= 0.3 is 0 Å². The van der Waals surface area contributed by atoms with Gasteiger partial charge in [-0.2, -0.15) is 0 Å². The van der Waals surface area contributed by atoms with Crippen LogP contribution < -0.4 is 11.1 Å². The molecule has 0 aliphatic carbocycles. The molecule has 0 saturated heterocycles. The quantitative estimate of drug-likeness (QED) is 0.891. The van der Waals surface area contributed by atoms with Gasteiger partial charge in [0, 0.05) is 12.8 Å². The molecule has 0 aromatic heterocycles. The van der Waals surface area contributed by atoms with Crippen LogP contribution >= 0.6 is 15.9 Å². The van der Waals surface area contributed by atoms with Crippen LogP contribution in [0.4, 0.5) is 10.1 Å². The minimum absolute atomic E-state index is 0.132. The number of carbonyl (C=O) groups is 1. The first kappa shape index (κ1) is 14.1. The van der Waals surface area contributed by atoms with Crippen molar-refractivity contribution in [2.75, 3.05) is 19.0 Å². The van der Waals surface area contributed by atoms with Crippen LogP contribution in [-0.4, -0.2) is 25.7 Å². The third-order valence-electron chi connectivity index (χ3n) is 2.21. The molecule has 1 rings (SSSR count). The van der Waals surface area contributed by atoms with Gasteiger partial charge in [0.2, 0.25) is 5.91 Å². The summed E-state index contributed by atoms with van der Waals surface area (Å²) in [4.78, 5) is 11.6. The summed E-state index contributed by atoms with van der Waals surface area (Å²) in [7, 11) is 1.47. The van der Waals surface area contributed by atoms with Crippen LogP contribution in [0, 0.1) is 12.7 Å². The molecular weight excluding hydrogens is 291 g/mol. The molecule has 3 N–H and O–H groups in total. The van der Waals surface area contributed by atoms with E-state index in [1.807, 2.05) is 0 Å². The summed E-state index contributed by atoms with van der Waals surface area (Å²) >= 11 is 3.06. The van der Waals surface area contributed by atoms with E-state index in [4.69, 9.17) is 10.5 Å². The lowest BCUT2D eigenvalue weighted by Crippen LogP contribution is -2.39. The van der Waals surface area contributed by atoms with Gasteiger partial charge in [0.25, 0.3) is 0 Å². The van der Waals surface area contributed by atoms with E-state index in [1.54, 1.807) is 6.92 Å². The topological polar surface area (TPSA) is 64.3 Å². The van der Waals surface area contributed by atoms with Crippen LogP contribution in [0.25, 0.3) is 0 Å². The van der Waals surface area contributed by atoms with Crippen molar-refractivity contribution in [3.63, 3.8) is 0 Å². The van der Waals surface area contributed by atoms with Crippen molar-refractivity contribution in [2.24, 2.45) is 5.73 Å². The average Bonchev–Trinajstić information content (AvgIpc) is 2.26. The van der Waals surface area contributed by atoms with E-state index in [0.29, 0.717) is 15.7 Å². The zero-order chi connectivity index (χ0) is 13.0. The fourth-order valence-corrected chi connectivity index (χ4v) is 1.61. The van der Waals surface area contributed by atoms with Crippen molar-refractivity contribution in [1.29, 1.82) is 0 Å². The number of hydrogen-bond donors (Lipinski definition) is 2. The molecule has 1 aromatic rings. The highest BCUT2D eigenvalue weighted by molar-refractivity contribution is 9.10. The van der Waals surface area contributed by atoms with Crippen molar-refractivity contribution >= 4 is 27.5 Å². The third kappa shape index (κ3) is 3.76. The van der Waals surface area contributed by atoms with Crippen LogP contribution in [-0.2, 0) is 9.53 Å². The molecule has 1 aromatic carbocycles. The van der Waals surface area contributed by atoms with Gasteiger partial charge in [-0.1, -0.05) is 0 Å². The van der Waals surface area contributed by atoms with Gasteiger partial charge < -0.3 is 15.8 Å². The molecule has 0 aliphatic heterocycles. The van der Waals surface area contributed by atoms with E-state index in [0.717, 1.165) is 0 Å². The van der Waals surface area contributed by atoms with Crippen molar-refractivity contribution in [2.45, 2.75) is 13.0 Å². The number of ether oxygens (including phenoxy) is 1. The Morgan fingerprint density at radius 2 is 2.29 bits per heavy atom. The van der Waals surface area contributed by atoms with Crippen LogP contribution in [0.5, 0.6) is 0 Å². The fourth-order valence-electron chi connectivity index (χ4n) is 1.26. The molecule has 0 radical (unpaired) electrons. The Bertz CT molecular complexity index is 426. The lowest BCUT2D eigenvalue weighted by Gasteiger charge is -2.13. The molecule has 0 saturated carbocycles. The zero-order valence-electron chi connectivity index (χ0n) is 9.59. The highest BCUT2D eigenvalue weighted by atomic mass is 79.9. The zero-order valence-corrected chi connectivity index (χ0v) is 11.2. The maximum atomic E-state index is 13.2. The summed E-state index contributed by atoms with van der Waals surface area (Å²) in [5.74, 6) is -0.741. The number of aryl methyl sites for hydroxylation is 1. The fraction of sp³-hybridized carbons (Fsp3) is 0.364. The van der Waals surface area contributed by atoms with E-state index < -0.39 is 6.04 Å². The normalized spacial score (nSPS) is 12.3. The van der Waals surface area contributed by atoms with E-state index in [2.05, 4.69) is 21.2 Å². The Morgan fingerprint density at radius 3 is 2.88 bits per heavy atom. The Balaban J connectivity index is 2.81. The number of methoxy groups -OCH3 is 1. The van der Waals surface area contributed by atoms with E-state index in [9.17, 15) is 9.18 Å². The number of halogens is 2. The van der Waals surface area contributed by atoms with E-state index in [1.165, 1.54) is 19.2 Å². The molecule has 0 spiro atoms. The molecule has 0 fully saturated rings. The second-order valence-electron chi connectivity index (χ2n) is 3.63. The summed E-state index contributed by atoms with van der Waals surface area (Å²) in [6, 6.07) is 2.09. The number of hydrogen-bond acceptors (Lipinski definition) is 3. The first-order valence-electron chi connectivity index (χ1n) is 4.96. The van der Waals surface area contributed by atoms with Crippen LogP contribution in [0.15, 0.2) is 16.6 Å². The molecular formula is C11H14BrFN2O2. The standard InChI is InChI=1S/C11H14BrFN2O2/c1-6-3-8(13)7(12)4-10(6)15-11(16)9(14)5-17-2/h3-4,9H,5,14H2,1-2H3,(H,15,16). The van der Waals surface area contributed by atoms with Gasteiger partial charge in [0.05, 0.1) is 11.1 Å². The second-order valence-corrected chi connectivity index (χ2v) is 4.49. The van der Waals surface area contributed by atoms with Crippen LogP contribution in [0.2, 0.25) is 0 Å². The Labute approximate surface area is 107 Å². The summed E-state index contributed by atoms with van der Waals surface area (Å²) in [5.41, 5.74) is 6.72. The monoisotopic (exact) mass is 304 g/mol. The molecule has 0 aliphatic rings. The molecule has 94 valence electrons. The highest BCUT2D eigenvalue weighted by Gasteiger charge is 2.15. The van der Waals surface area contributed by atoms with E-state index >= 15 is 0 Å². The number of rotatable bonds is 4. The summed E-state index contributed by atoms with van der Waals surface area (Å²) in [6.45, 7) is 1.83. The third-order valence-corrected chi connectivity index (χ3v) is 2.82.